The fourth-order valence-electron chi connectivity index (χ4n) is 4.21. The zero-order valence-corrected chi connectivity index (χ0v) is 21.7. The number of carbonyl (C=O) groups is 2. The Labute approximate surface area is 182 Å². The molecule has 0 radical (unpaired) electrons. The molecule has 2 N–H and O–H groups in total. The Hall–Kier alpha value is -0.341. The molecule has 0 atom stereocenters. The molecule has 0 saturated carbocycles. The van der Waals surface area contributed by atoms with Gasteiger partial charge in [0.25, 0.3) is 0 Å². The van der Waals surface area contributed by atoms with Gasteiger partial charge in [0.1, 0.15) is 0 Å². The maximum absolute atomic E-state index is 12.4. The summed E-state index contributed by atoms with van der Waals surface area (Å²) < 4.78 is 10.2. The number of nitrogens with zero attached hydrogens (tertiary/aromatic N) is 1. The summed E-state index contributed by atoms with van der Waals surface area (Å²) >= 11 is -3.53. The third-order valence-electron chi connectivity index (χ3n) is 5.88. The topological polar surface area (TPSA) is 78.9 Å². The molecule has 1 rings (SSSR count). The van der Waals surface area contributed by atoms with Crippen LogP contribution in [-0.2, 0) is 12.7 Å². The minimum absolute atomic E-state index is 0.0106. The van der Waals surface area contributed by atoms with Crippen LogP contribution in [0.3, 0.4) is 0 Å². The van der Waals surface area contributed by atoms with Crippen molar-refractivity contribution in [3.05, 3.63) is 0 Å². The summed E-state index contributed by atoms with van der Waals surface area (Å²) in [5.74, 6) is -0.985. The molecule has 1 fully saturated rings. The standard InChI is InChI=1S/2C8H17.C6H11N2O4.Sn/c2*1-3-5-7-8-6-4-2;9-5(10)3-7-1-2-8-4-6(11)12;/h2*1,3-8H2,2H3;7H,1-4H2,(H,9,10)(H,11,12);/q;;-1;+2/p-1. The normalized spacial score (nSPS) is 17.5. The van der Waals surface area contributed by atoms with Gasteiger partial charge < -0.3 is 0 Å². The number of rotatable bonds is 16. The number of carboxylic acid groups (broad SMARTS) is 1. The molecule has 0 spiro atoms. The summed E-state index contributed by atoms with van der Waals surface area (Å²) in [5.41, 5.74) is 0. The average Bonchev–Trinajstić information content (AvgIpc) is 2.68. The Kier molecular flexibility index (Phi) is 15.1. The Morgan fingerprint density at radius 2 is 1.48 bits per heavy atom. The predicted octanol–water partition coefficient (Wildman–Crippen LogP) is 4.68. The van der Waals surface area contributed by atoms with E-state index < -0.39 is 25.0 Å². The number of aliphatic carboxylic acids is 1. The number of hydrogen-bond donors (Lipinski definition) is 2. The molecule has 0 aliphatic carbocycles. The Bertz CT molecular complexity index is 446. The molecule has 0 aromatic heterocycles. The van der Waals surface area contributed by atoms with Crippen molar-refractivity contribution in [1.29, 1.82) is 0 Å². The van der Waals surface area contributed by atoms with Gasteiger partial charge in [0.2, 0.25) is 0 Å². The second kappa shape index (κ2) is 16.4. The number of carbonyl (C=O) groups excluding carboxylic acids is 1. The fourth-order valence-corrected chi connectivity index (χ4v) is 16.4. The summed E-state index contributed by atoms with van der Waals surface area (Å²) in [6.45, 7) is 6.05. The fraction of sp³-hybridized carbons (Fsp3) is 0.909. The molecule has 0 aromatic rings. The summed E-state index contributed by atoms with van der Waals surface area (Å²) in [4.78, 5) is 24.0. The molecule has 170 valence electrons. The van der Waals surface area contributed by atoms with Crippen LogP contribution in [0.5, 0.6) is 0 Å². The monoisotopic (exact) mass is 520 g/mol. The van der Waals surface area contributed by atoms with Crippen molar-refractivity contribution in [1.82, 2.24) is 8.44 Å². The molecule has 7 heteroatoms. The summed E-state index contributed by atoms with van der Waals surface area (Å²) in [5, 5.41) is 12.6. The van der Waals surface area contributed by atoms with E-state index in [9.17, 15) is 14.7 Å². The van der Waals surface area contributed by atoms with Crippen LogP contribution < -0.4 is 5.32 Å². The van der Waals surface area contributed by atoms with E-state index >= 15 is 0 Å². The Morgan fingerprint density at radius 1 is 0.966 bits per heavy atom. The van der Waals surface area contributed by atoms with Crippen molar-refractivity contribution in [3.63, 3.8) is 0 Å². The molecule has 1 aliphatic heterocycles. The van der Waals surface area contributed by atoms with Crippen LogP contribution in [0.4, 0.5) is 0 Å². The third-order valence-corrected chi connectivity index (χ3v) is 18.5. The van der Waals surface area contributed by atoms with Crippen molar-refractivity contribution >= 4 is 31.0 Å². The van der Waals surface area contributed by atoms with Crippen LogP contribution in [0.2, 0.25) is 8.87 Å². The van der Waals surface area contributed by atoms with Gasteiger partial charge in [-0.15, -0.1) is 0 Å². The maximum atomic E-state index is 12.4. The predicted molar refractivity (Wildman–Crippen MR) is 120 cm³/mol. The van der Waals surface area contributed by atoms with Crippen LogP contribution in [0.1, 0.15) is 90.9 Å². The average molecular weight is 519 g/mol. The van der Waals surface area contributed by atoms with E-state index in [0.717, 1.165) is 34.6 Å². The van der Waals surface area contributed by atoms with E-state index in [0.29, 0.717) is 13.1 Å². The Morgan fingerprint density at radius 3 is 2.00 bits per heavy atom. The molecule has 0 unspecified atom stereocenters. The second-order valence-corrected chi connectivity index (χ2v) is 19.1. The van der Waals surface area contributed by atoms with Gasteiger partial charge in [-0.25, -0.2) is 0 Å². The van der Waals surface area contributed by atoms with Crippen molar-refractivity contribution in [2.45, 2.75) is 99.8 Å². The van der Waals surface area contributed by atoms with Crippen LogP contribution in [-0.4, -0.2) is 65.4 Å². The van der Waals surface area contributed by atoms with E-state index in [4.69, 9.17) is 3.07 Å². The van der Waals surface area contributed by atoms with E-state index in [-0.39, 0.29) is 19.1 Å². The zero-order valence-electron chi connectivity index (χ0n) is 18.8. The summed E-state index contributed by atoms with van der Waals surface area (Å²) in [6, 6.07) is 0. The molecule has 1 heterocycles. The van der Waals surface area contributed by atoms with Gasteiger partial charge in [-0.1, -0.05) is 0 Å². The Balaban J connectivity index is 2.79. The first kappa shape index (κ1) is 26.7. The first-order valence-electron chi connectivity index (χ1n) is 11.9. The van der Waals surface area contributed by atoms with E-state index in [2.05, 4.69) is 22.3 Å². The van der Waals surface area contributed by atoms with Crippen LogP contribution in [0.25, 0.3) is 0 Å². The molecule has 0 bridgehead atoms. The zero-order chi connectivity index (χ0) is 21.4. The SMILES string of the molecule is CCCCCCC[CH2][Sn]1([CH2]CCCCCCC)[O]C(=O)CNCC[N]1CC(=O)O. The minimum atomic E-state index is -3.53. The van der Waals surface area contributed by atoms with Crippen molar-refractivity contribution in [2.24, 2.45) is 0 Å². The van der Waals surface area contributed by atoms with Gasteiger partial charge in [-0.2, -0.15) is 0 Å². The number of hydrogen-bond acceptors (Lipinski definition) is 5. The summed E-state index contributed by atoms with van der Waals surface area (Å²) in [7, 11) is 0. The molecule has 0 aromatic carbocycles. The molecular weight excluding hydrogens is 475 g/mol. The van der Waals surface area contributed by atoms with Gasteiger partial charge in [0, 0.05) is 0 Å². The molecule has 1 aliphatic rings. The first-order valence-corrected chi connectivity index (χ1v) is 18.4. The second-order valence-electron chi connectivity index (χ2n) is 8.45. The quantitative estimate of drug-likeness (QED) is 0.228. The molecule has 6 nitrogen and oxygen atoms in total. The molecular formula is C22H44N2O4Sn. The number of unbranched alkanes of at least 4 members (excludes halogenated alkanes) is 10. The molecule has 0 amide bonds. The van der Waals surface area contributed by atoms with Crippen LogP contribution in [0, 0.1) is 0 Å². The van der Waals surface area contributed by atoms with E-state index in [1.807, 2.05) is 0 Å². The van der Waals surface area contributed by atoms with Gasteiger partial charge in [0.15, 0.2) is 0 Å². The van der Waals surface area contributed by atoms with Gasteiger partial charge in [-0.05, 0) is 0 Å². The van der Waals surface area contributed by atoms with Gasteiger partial charge in [0.05, 0.1) is 0 Å². The molecule has 29 heavy (non-hydrogen) atoms. The van der Waals surface area contributed by atoms with E-state index in [1.165, 1.54) is 51.4 Å². The summed E-state index contributed by atoms with van der Waals surface area (Å²) in [6.07, 6.45) is 14.4. The van der Waals surface area contributed by atoms with Crippen molar-refractivity contribution < 1.29 is 17.8 Å². The van der Waals surface area contributed by atoms with Crippen LogP contribution >= 0.6 is 0 Å². The van der Waals surface area contributed by atoms with Gasteiger partial charge >= 0.3 is 183 Å². The van der Waals surface area contributed by atoms with Gasteiger partial charge in [-0.3, -0.25) is 0 Å². The number of carboxylic acids is 1. The third kappa shape index (κ3) is 11.6. The first-order chi connectivity index (χ1) is 14.0. The number of nitrogens with one attached hydrogen (secondary N) is 1. The van der Waals surface area contributed by atoms with Crippen LogP contribution in [0.15, 0.2) is 0 Å². The van der Waals surface area contributed by atoms with Crippen molar-refractivity contribution in [3.8, 4) is 0 Å². The van der Waals surface area contributed by atoms with Crippen molar-refractivity contribution in [2.75, 3.05) is 26.2 Å². The van der Waals surface area contributed by atoms with E-state index in [1.54, 1.807) is 0 Å². The molecule has 1 saturated heterocycles.